The van der Waals surface area contributed by atoms with E-state index in [2.05, 4.69) is 43.4 Å². The lowest BCUT2D eigenvalue weighted by Gasteiger charge is -2.31. The monoisotopic (exact) mass is 561 g/mol. The maximum Gasteiger partial charge on any atom is 0.416 e. The third-order valence-corrected chi connectivity index (χ3v) is 7.26. The average molecular weight is 562 g/mol. The molecule has 8 heteroatoms. The number of aliphatic hydroxyl groups excluding tert-OH is 1. The second-order valence-electron chi connectivity index (χ2n) is 11.2. The molecule has 1 aliphatic carbocycles. The summed E-state index contributed by atoms with van der Waals surface area (Å²) in [5.41, 5.74) is 2.79. The number of aliphatic hydroxyl groups is 1. The molecule has 0 aliphatic heterocycles. The lowest BCUT2D eigenvalue weighted by atomic mass is 9.88. The van der Waals surface area contributed by atoms with Gasteiger partial charge in [0.15, 0.2) is 0 Å². The van der Waals surface area contributed by atoms with Crippen molar-refractivity contribution in [2.24, 2.45) is 5.92 Å². The van der Waals surface area contributed by atoms with Crippen LogP contribution in [0.5, 0.6) is 0 Å². The van der Waals surface area contributed by atoms with Crippen LogP contribution in [-0.2, 0) is 33.3 Å². The second-order valence-corrected chi connectivity index (χ2v) is 11.2. The van der Waals surface area contributed by atoms with Crippen molar-refractivity contribution in [1.82, 2.24) is 5.32 Å². The Labute approximate surface area is 235 Å². The van der Waals surface area contributed by atoms with E-state index in [4.69, 9.17) is 9.47 Å². The molecule has 0 aromatic heterocycles. The average Bonchev–Trinajstić information content (AvgIpc) is 3.29. The number of ether oxygens (including phenoxy) is 2. The van der Waals surface area contributed by atoms with Crippen LogP contribution in [0, 0.1) is 5.92 Å². The molecule has 40 heavy (non-hydrogen) atoms. The summed E-state index contributed by atoms with van der Waals surface area (Å²) in [6, 6.07) is 12.1. The molecule has 0 heterocycles. The van der Waals surface area contributed by atoms with Gasteiger partial charge in [-0.1, -0.05) is 42.5 Å². The third-order valence-electron chi connectivity index (χ3n) is 7.26. The van der Waals surface area contributed by atoms with Crippen LogP contribution in [-0.4, -0.2) is 42.5 Å². The fourth-order valence-electron chi connectivity index (χ4n) is 5.29. The Hall–Kier alpha value is -2.68. The van der Waals surface area contributed by atoms with Crippen LogP contribution < -0.4 is 5.32 Å². The number of carbonyl (C=O) groups is 1. The van der Waals surface area contributed by atoms with Gasteiger partial charge in [0.2, 0.25) is 0 Å². The van der Waals surface area contributed by atoms with Crippen LogP contribution >= 0.6 is 0 Å². The van der Waals surface area contributed by atoms with Crippen molar-refractivity contribution >= 4 is 12.0 Å². The molecule has 0 unspecified atom stereocenters. The molecule has 220 valence electrons. The smallest absolute Gasteiger partial charge is 0.416 e. The van der Waals surface area contributed by atoms with Crippen LogP contribution in [0.1, 0.15) is 80.9 Å². The van der Waals surface area contributed by atoms with Crippen LogP contribution in [0.3, 0.4) is 0 Å². The van der Waals surface area contributed by atoms with E-state index in [9.17, 15) is 23.1 Å². The highest BCUT2D eigenvalue weighted by atomic mass is 19.4. The highest BCUT2D eigenvalue weighted by Gasteiger charge is 2.32. The summed E-state index contributed by atoms with van der Waals surface area (Å²) in [5.74, 6) is 0.216. The number of benzene rings is 2. The Bertz CT molecular complexity index is 1120. The molecule has 0 saturated heterocycles. The summed E-state index contributed by atoms with van der Waals surface area (Å²) in [4.78, 5) is 11.6. The Morgan fingerprint density at radius 1 is 1.15 bits per heavy atom. The molecule has 1 aliphatic rings. The number of hydrogen-bond acceptors (Lipinski definition) is 5. The quantitative estimate of drug-likeness (QED) is 0.252. The predicted octanol–water partition coefficient (Wildman–Crippen LogP) is 6.67. The molecule has 3 rings (SSSR count). The molecule has 0 radical (unpaired) electrons. The molecule has 2 atom stereocenters. The summed E-state index contributed by atoms with van der Waals surface area (Å²) in [6.45, 7) is 8.23. The molecule has 0 fully saturated rings. The van der Waals surface area contributed by atoms with Gasteiger partial charge in [-0.25, -0.2) is 0 Å². The van der Waals surface area contributed by atoms with E-state index in [0.29, 0.717) is 36.6 Å². The van der Waals surface area contributed by atoms with Gasteiger partial charge in [0, 0.05) is 18.5 Å². The first kappa shape index (κ1) is 31.8. The van der Waals surface area contributed by atoms with E-state index in [0.717, 1.165) is 31.4 Å². The van der Waals surface area contributed by atoms with Crippen LogP contribution in [0.2, 0.25) is 0 Å². The molecule has 0 spiro atoms. The van der Waals surface area contributed by atoms with Crippen molar-refractivity contribution in [3.05, 3.63) is 76.4 Å². The van der Waals surface area contributed by atoms with Gasteiger partial charge in [-0.2, -0.15) is 13.2 Å². The fraction of sp³-hybridized carbons (Fsp3) is 0.531. The topological polar surface area (TPSA) is 67.8 Å². The Morgan fingerprint density at radius 2 is 1.82 bits per heavy atom. The van der Waals surface area contributed by atoms with Crippen LogP contribution in [0.25, 0.3) is 6.08 Å². The third kappa shape index (κ3) is 9.75. The van der Waals surface area contributed by atoms with Gasteiger partial charge in [-0.15, -0.1) is 0 Å². The Kier molecular flexibility index (Phi) is 11.4. The molecular formula is C32H42F3NO4. The highest BCUT2D eigenvalue weighted by Crippen LogP contribution is 2.34. The molecule has 2 aromatic carbocycles. The van der Waals surface area contributed by atoms with Gasteiger partial charge in [0.05, 0.1) is 31.0 Å². The number of carbonyl (C=O) groups excluding carboxylic acids is 1. The zero-order valence-electron chi connectivity index (χ0n) is 23.9. The molecule has 0 saturated carbocycles. The zero-order chi connectivity index (χ0) is 29.3. The fourth-order valence-corrected chi connectivity index (χ4v) is 5.29. The first-order valence-corrected chi connectivity index (χ1v) is 14.0. The van der Waals surface area contributed by atoms with Crippen LogP contribution in [0.4, 0.5) is 13.2 Å². The van der Waals surface area contributed by atoms with Gasteiger partial charge < -0.3 is 19.9 Å². The first-order chi connectivity index (χ1) is 18.9. The van der Waals surface area contributed by atoms with Gasteiger partial charge in [0.25, 0.3) is 0 Å². The number of alkyl halides is 3. The van der Waals surface area contributed by atoms with Crippen molar-refractivity contribution < 1.29 is 32.5 Å². The van der Waals surface area contributed by atoms with E-state index < -0.39 is 23.9 Å². The first-order valence-electron chi connectivity index (χ1n) is 14.0. The Balaban J connectivity index is 1.54. The molecule has 0 bridgehead atoms. The molecule has 0 amide bonds. The van der Waals surface area contributed by atoms with Crippen molar-refractivity contribution in [2.75, 3.05) is 19.8 Å². The molecule has 2 N–H and O–H groups in total. The van der Waals surface area contributed by atoms with E-state index in [-0.39, 0.29) is 24.5 Å². The minimum atomic E-state index is -4.49. The van der Waals surface area contributed by atoms with Crippen molar-refractivity contribution in [3.8, 4) is 0 Å². The maximum atomic E-state index is 13.4. The largest absolute Gasteiger partial charge is 0.466 e. The highest BCUT2D eigenvalue weighted by molar-refractivity contribution is 5.69. The normalized spacial score (nSPS) is 15.8. The summed E-state index contributed by atoms with van der Waals surface area (Å²) >= 11 is 0. The lowest BCUT2D eigenvalue weighted by Crippen LogP contribution is -2.45. The van der Waals surface area contributed by atoms with E-state index in [1.165, 1.54) is 17.2 Å². The number of halogens is 3. The minimum absolute atomic E-state index is 0.0264. The van der Waals surface area contributed by atoms with E-state index in [1.54, 1.807) is 26.0 Å². The number of rotatable bonds is 14. The number of allylic oxidation sites excluding steroid dienone is 1. The SMILES string of the molecule is CCOC(=O)CC/C=C/c1ccc(C(F)(F)F)cc1[C@@H](C)OC[C@H](O)CNC(C)(C)CC1Cc2ccccc2C1. The zero-order valence-corrected chi connectivity index (χ0v) is 23.9. The second kappa shape index (κ2) is 14.3. The van der Waals surface area contributed by atoms with Gasteiger partial charge in [-0.05, 0) is 93.7 Å². The summed E-state index contributed by atoms with van der Waals surface area (Å²) in [6.07, 6.45) is 1.09. The number of fused-ring (bicyclic) bond motifs is 1. The molecule has 2 aromatic rings. The standard InChI is InChI=1S/C32H42F3NO4/c1-5-39-30(38)13-9-8-10-24-14-15-27(32(33,34)35)18-29(24)22(2)40-21-28(37)20-36-31(3,4)19-23-16-25-11-6-7-12-26(25)17-23/h6-8,10-12,14-15,18,22-23,28,36-37H,5,9,13,16-17,19-21H2,1-4H3/b10-8+/t22-,28-/m1/s1. The summed E-state index contributed by atoms with van der Waals surface area (Å²) < 4.78 is 51.0. The van der Waals surface area contributed by atoms with Gasteiger partial charge >= 0.3 is 12.1 Å². The lowest BCUT2D eigenvalue weighted by molar-refractivity contribution is -0.143. The summed E-state index contributed by atoms with van der Waals surface area (Å²) in [7, 11) is 0. The minimum Gasteiger partial charge on any atom is -0.466 e. The molecule has 5 nitrogen and oxygen atoms in total. The van der Waals surface area contributed by atoms with Crippen molar-refractivity contribution in [3.63, 3.8) is 0 Å². The maximum absolute atomic E-state index is 13.4. The predicted molar refractivity (Wildman–Crippen MR) is 151 cm³/mol. The molecular weight excluding hydrogens is 519 g/mol. The number of esters is 1. The number of β-amino-alcohol motifs (C(OH)–C–C–N with tert-alkyl or cyclic N) is 1. The summed E-state index contributed by atoms with van der Waals surface area (Å²) in [5, 5.41) is 14.0. The van der Waals surface area contributed by atoms with Crippen molar-refractivity contribution in [2.45, 2.75) is 83.7 Å². The number of nitrogens with one attached hydrogen (secondary N) is 1. The van der Waals surface area contributed by atoms with Gasteiger partial charge in [0.1, 0.15) is 0 Å². The van der Waals surface area contributed by atoms with Crippen LogP contribution in [0.15, 0.2) is 48.5 Å². The van der Waals surface area contributed by atoms with E-state index >= 15 is 0 Å². The Morgan fingerprint density at radius 3 is 2.45 bits per heavy atom. The van der Waals surface area contributed by atoms with Crippen molar-refractivity contribution in [1.29, 1.82) is 0 Å². The van der Waals surface area contributed by atoms with Gasteiger partial charge in [-0.3, -0.25) is 4.79 Å². The number of hydrogen-bond donors (Lipinski definition) is 2. The van der Waals surface area contributed by atoms with E-state index in [1.807, 2.05) is 0 Å².